The van der Waals surface area contributed by atoms with Gasteiger partial charge in [-0.3, -0.25) is 9.69 Å². The lowest BCUT2D eigenvalue weighted by molar-refractivity contribution is -0.141. The summed E-state index contributed by atoms with van der Waals surface area (Å²) in [6.45, 7) is 10.2. The Morgan fingerprint density at radius 1 is 1.10 bits per heavy atom. The van der Waals surface area contributed by atoms with Crippen LogP contribution in [-0.4, -0.2) is 72.5 Å². The van der Waals surface area contributed by atoms with Crippen molar-refractivity contribution in [3.63, 3.8) is 0 Å². The van der Waals surface area contributed by atoms with Gasteiger partial charge in [-0.25, -0.2) is 0 Å². The van der Waals surface area contributed by atoms with E-state index in [1.165, 1.54) is 32.5 Å². The first kappa shape index (κ1) is 15.3. The predicted molar refractivity (Wildman–Crippen MR) is 85.2 cm³/mol. The van der Waals surface area contributed by atoms with Crippen LogP contribution in [0.15, 0.2) is 0 Å². The number of carbonyl (C=O) groups excluding carboxylic acids is 1. The minimum atomic E-state index is 0.382. The zero-order valence-electron chi connectivity index (χ0n) is 13.9. The lowest BCUT2D eigenvalue weighted by atomic mass is 9.96. The lowest BCUT2D eigenvalue weighted by Gasteiger charge is -2.50. The molecule has 0 N–H and O–H groups in total. The maximum absolute atomic E-state index is 12.1. The van der Waals surface area contributed by atoms with Crippen LogP contribution >= 0.6 is 0 Å². The fourth-order valence-corrected chi connectivity index (χ4v) is 3.78. The molecule has 1 amide bonds. The number of likely N-dealkylation sites (tertiary alicyclic amines) is 2. The van der Waals surface area contributed by atoms with Crippen LogP contribution in [0.25, 0.3) is 0 Å². The molecule has 2 saturated heterocycles. The average Bonchev–Trinajstić information content (AvgIpc) is 3.20. The van der Waals surface area contributed by atoms with Gasteiger partial charge in [-0.15, -0.1) is 0 Å². The molecule has 0 spiro atoms. The largest absolute Gasteiger partial charge is 0.339 e. The van der Waals surface area contributed by atoms with E-state index in [1.807, 2.05) is 0 Å². The van der Waals surface area contributed by atoms with Crippen molar-refractivity contribution in [1.29, 1.82) is 0 Å². The van der Waals surface area contributed by atoms with Crippen molar-refractivity contribution in [1.82, 2.24) is 14.7 Å². The van der Waals surface area contributed by atoms with E-state index in [0.29, 0.717) is 23.8 Å². The summed E-state index contributed by atoms with van der Waals surface area (Å²) in [5, 5.41) is 0. The lowest BCUT2D eigenvalue weighted by Crippen LogP contribution is -2.64. The zero-order chi connectivity index (χ0) is 15.0. The Bertz CT molecular complexity index is 366. The molecular formula is C17H31N3O. The van der Waals surface area contributed by atoms with Crippen molar-refractivity contribution in [3.8, 4) is 0 Å². The molecule has 4 nitrogen and oxygen atoms in total. The fraction of sp³-hybridized carbons (Fsp3) is 0.941. The van der Waals surface area contributed by atoms with E-state index >= 15 is 0 Å². The molecule has 2 aliphatic heterocycles. The highest BCUT2D eigenvalue weighted by Crippen LogP contribution is 2.34. The van der Waals surface area contributed by atoms with Crippen molar-refractivity contribution < 1.29 is 4.79 Å². The van der Waals surface area contributed by atoms with Crippen LogP contribution in [-0.2, 0) is 4.79 Å². The van der Waals surface area contributed by atoms with Gasteiger partial charge in [0.1, 0.15) is 0 Å². The number of hydrogen-bond donors (Lipinski definition) is 0. The van der Waals surface area contributed by atoms with Crippen LogP contribution in [0.2, 0.25) is 0 Å². The van der Waals surface area contributed by atoms with Gasteiger partial charge in [0.15, 0.2) is 0 Å². The smallest absolute Gasteiger partial charge is 0.225 e. The molecule has 0 unspecified atom stereocenters. The summed E-state index contributed by atoms with van der Waals surface area (Å²) in [5.41, 5.74) is 0. The van der Waals surface area contributed by atoms with Crippen molar-refractivity contribution in [2.24, 2.45) is 11.8 Å². The number of nitrogens with zero attached hydrogens (tertiary/aromatic N) is 3. The average molecular weight is 293 g/mol. The van der Waals surface area contributed by atoms with E-state index < -0.39 is 0 Å². The molecular weight excluding hydrogens is 262 g/mol. The fourth-order valence-electron chi connectivity index (χ4n) is 3.78. The van der Waals surface area contributed by atoms with Gasteiger partial charge in [0, 0.05) is 37.6 Å². The number of carbonyl (C=O) groups is 1. The van der Waals surface area contributed by atoms with Crippen molar-refractivity contribution >= 4 is 5.91 Å². The van der Waals surface area contributed by atoms with Gasteiger partial charge in [0.05, 0.1) is 0 Å². The third kappa shape index (κ3) is 3.59. The molecule has 0 aromatic heterocycles. The first-order valence-corrected chi connectivity index (χ1v) is 8.77. The summed E-state index contributed by atoms with van der Waals surface area (Å²) in [7, 11) is 2.22. The van der Waals surface area contributed by atoms with E-state index in [0.717, 1.165) is 32.0 Å². The molecule has 0 radical (unpaired) electrons. The number of rotatable bonds is 5. The first-order valence-electron chi connectivity index (χ1n) is 8.77. The molecule has 0 aromatic rings. The summed E-state index contributed by atoms with van der Waals surface area (Å²) in [5.74, 6) is 1.52. The number of piperidine rings is 1. The summed E-state index contributed by atoms with van der Waals surface area (Å²) in [6, 6.07) is 1.34. The summed E-state index contributed by atoms with van der Waals surface area (Å²) in [6.07, 6.45) is 4.84. The van der Waals surface area contributed by atoms with Crippen LogP contribution in [0, 0.1) is 11.8 Å². The highest BCUT2D eigenvalue weighted by Gasteiger charge is 2.42. The summed E-state index contributed by atoms with van der Waals surface area (Å²) < 4.78 is 0. The van der Waals surface area contributed by atoms with E-state index in [-0.39, 0.29) is 0 Å². The Kier molecular flexibility index (Phi) is 4.55. The van der Waals surface area contributed by atoms with Crippen molar-refractivity contribution in [2.75, 3.05) is 39.8 Å². The summed E-state index contributed by atoms with van der Waals surface area (Å²) >= 11 is 0. The van der Waals surface area contributed by atoms with E-state index in [4.69, 9.17) is 0 Å². The molecule has 0 atom stereocenters. The van der Waals surface area contributed by atoms with Gasteiger partial charge in [0.25, 0.3) is 0 Å². The van der Waals surface area contributed by atoms with Gasteiger partial charge in [-0.05, 0) is 51.7 Å². The van der Waals surface area contributed by atoms with Crippen molar-refractivity contribution in [3.05, 3.63) is 0 Å². The Balaban J connectivity index is 1.54. The molecule has 3 fully saturated rings. The molecule has 1 saturated carbocycles. The topological polar surface area (TPSA) is 26.8 Å². The quantitative estimate of drug-likeness (QED) is 0.771. The predicted octanol–water partition coefficient (Wildman–Crippen LogP) is 1.66. The van der Waals surface area contributed by atoms with Crippen LogP contribution < -0.4 is 0 Å². The Morgan fingerprint density at radius 3 is 2.24 bits per heavy atom. The van der Waals surface area contributed by atoms with Crippen LogP contribution in [0.1, 0.15) is 39.5 Å². The van der Waals surface area contributed by atoms with Gasteiger partial charge in [-0.2, -0.15) is 0 Å². The highest BCUT2D eigenvalue weighted by molar-refractivity contribution is 5.81. The first-order chi connectivity index (χ1) is 10.0. The van der Waals surface area contributed by atoms with Crippen molar-refractivity contribution in [2.45, 2.75) is 51.6 Å². The van der Waals surface area contributed by atoms with Crippen LogP contribution in [0.3, 0.4) is 0 Å². The number of hydrogen-bond acceptors (Lipinski definition) is 3. The highest BCUT2D eigenvalue weighted by atomic mass is 16.2. The summed E-state index contributed by atoms with van der Waals surface area (Å²) in [4.78, 5) is 19.4. The molecule has 3 rings (SSSR count). The van der Waals surface area contributed by atoms with Gasteiger partial charge >= 0.3 is 0 Å². The second-order valence-corrected chi connectivity index (χ2v) is 7.80. The Labute approximate surface area is 129 Å². The zero-order valence-corrected chi connectivity index (χ0v) is 13.9. The Morgan fingerprint density at radius 2 is 1.71 bits per heavy atom. The molecule has 4 heteroatoms. The third-order valence-corrected chi connectivity index (χ3v) is 5.30. The molecule has 1 aliphatic carbocycles. The van der Waals surface area contributed by atoms with Gasteiger partial charge in [-0.1, -0.05) is 13.8 Å². The van der Waals surface area contributed by atoms with Crippen LogP contribution in [0.4, 0.5) is 0 Å². The molecule has 2 heterocycles. The molecule has 0 bridgehead atoms. The Hall–Kier alpha value is -0.610. The monoisotopic (exact) mass is 293 g/mol. The minimum absolute atomic E-state index is 0.382. The molecule has 0 aromatic carbocycles. The second kappa shape index (κ2) is 6.25. The normalized spacial score (nSPS) is 25.7. The standard InChI is InChI=1S/C17H31N3O/c1-13(2)10-20(15-6-8-18(3)9-7-15)16-11-19(12-16)17(21)14-4-5-14/h13-16H,4-12H2,1-3H3. The van der Waals surface area contributed by atoms with E-state index in [9.17, 15) is 4.79 Å². The van der Waals surface area contributed by atoms with Gasteiger partial charge < -0.3 is 9.80 Å². The maximum Gasteiger partial charge on any atom is 0.225 e. The third-order valence-electron chi connectivity index (χ3n) is 5.30. The molecule has 21 heavy (non-hydrogen) atoms. The molecule has 3 aliphatic rings. The second-order valence-electron chi connectivity index (χ2n) is 7.80. The van der Waals surface area contributed by atoms with Crippen LogP contribution in [0.5, 0.6) is 0 Å². The van der Waals surface area contributed by atoms with E-state index in [2.05, 4.69) is 35.6 Å². The van der Waals surface area contributed by atoms with E-state index in [1.54, 1.807) is 0 Å². The number of amides is 1. The van der Waals surface area contributed by atoms with Gasteiger partial charge in [0.2, 0.25) is 5.91 Å². The SMILES string of the molecule is CC(C)CN(C1CCN(C)CC1)C1CN(C(=O)C2CC2)C1. The maximum atomic E-state index is 12.1. The molecule has 120 valence electrons. The minimum Gasteiger partial charge on any atom is -0.339 e.